The van der Waals surface area contributed by atoms with Gasteiger partial charge < -0.3 is 9.64 Å². The molecule has 10 heteroatoms. The summed E-state index contributed by atoms with van der Waals surface area (Å²) in [5.74, 6) is 0.0680. The molecule has 0 aliphatic carbocycles. The lowest BCUT2D eigenvalue weighted by molar-refractivity contribution is 0.0130. The summed E-state index contributed by atoms with van der Waals surface area (Å²) in [6.45, 7) is 25.1. The van der Waals surface area contributed by atoms with E-state index in [1.54, 1.807) is 18.2 Å². The number of hydrogen-bond acceptors (Lipinski definition) is 7. The van der Waals surface area contributed by atoms with Crippen LogP contribution in [0, 0.1) is 12.8 Å². The largest absolute Gasteiger partial charge is 0.444 e. The fraction of sp³-hybridized carbons (Fsp3) is 0.667. The zero-order valence-electron chi connectivity index (χ0n) is 26.6. The van der Waals surface area contributed by atoms with Crippen LogP contribution in [-0.2, 0) is 4.74 Å². The van der Waals surface area contributed by atoms with E-state index in [1.165, 1.54) is 6.42 Å². The molecule has 1 fully saturated rings. The highest BCUT2D eigenvalue weighted by molar-refractivity contribution is 8.13. The quantitative estimate of drug-likeness (QED) is 0.112. The summed E-state index contributed by atoms with van der Waals surface area (Å²) in [5.41, 5.74) is 0.322. The van der Waals surface area contributed by atoms with Crippen LogP contribution in [0.25, 0.3) is 0 Å². The summed E-state index contributed by atoms with van der Waals surface area (Å²) in [6, 6.07) is 3.38. The lowest BCUT2D eigenvalue weighted by Crippen LogP contribution is -2.45. The van der Waals surface area contributed by atoms with Crippen molar-refractivity contribution in [3.63, 3.8) is 0 Å². The van der Waals surface area contributed by atoms with Crippen molar-refractivity contribution in [3.8, 4) is 0 Å². The predicted octanol–water partition coefficient (Wildman–Crippen LogP) is 8.11. The van der Waals surface area contributed by atoms with Crippen LogP contribution in [0.2, 0.25) is 5.15 Å². The first-order valence-corrected chi connectivity index (χ1v) is 15.4. The van der Waals surface area contributed by atoms with E-state index in [0.29, 0.717) is 23.1 Å². The van der Waals surface area contributed by atoms with Gasteiger partial charge in [0.1, 0.15) is 15.8 Å². The van der Waals surface area contributed by atoms with Gasteiger partial charge in [-0.3, -0.25) is 14.5 Å². The molecule has 1 N–H and O–H groups in total. The fourth-order valence-corrected chi connectivity index (χ4v) is 4.85. The zero-order valence-corrected chi connectivity index (χ0v) is 28.1. The maximum absolute atomic E-state index is 12.6. The molecule has 1 aliphatic rings. The van der Waals surface area contributed by atoms with Crippen molar-refractivity contribution in [2.24, 2.45) is 11.0 Å². The van der Waals surface area contributed by atoms with Crippen LogP contribution >= 0.6 is 23.5 Å². The summed E-state index contributed by atoms with van der Waals surface area (Å²) in [6.07, 6.45) is 5.44. The van der Waals surface area contributed by atoms with Gasteiger partial charge in [0, 0.05) is 43.3 Å². The van der Waals surface area contributed by atoms with Crippen LogP contribution in [0.4, 0.5) is 4.79 Å². The van der Waals surface area contributed by atoms with Crippen molar-refractivity contribution in [2.75, 3.05) is 20.1 Å². The van der Waals surface area contributed by atoms with E-state index in [0.717, 1.165) is 43.4 Å². The van der Waals surface area contributed by atoms with Crippen LogP contribution < -0.4 is 4.72 Å². The molecule has 2 rings (SSSR count). The van der Waals surface area contributed by atoms with Crippen LogP contribution in [0.1, 0.15) is 104 Å². The standard InChI is InChI=1S/C25H38ClN5O3S.C3H8.C2H6/c1-9-20(35-29-22(32)19-13-12-17(2)27-21(19)26)28-30(8)14-10-11-18-15-25(6,7)31(16-18)23(33)34-24(3,4)5;1-3-2;1-2/h9,12-13,18H,1,10-11,14-16H2,2-8H3,(H,29,32);3H2,1-2H3;1-2H3/b28-20+;;. The van der Waals surface area contributed by atoms with Crippen LogP contribution in [0.5, 0.6) is 0 Å². The lowest BCUT2D eigenvalue weighted by Gasteiger charge is -2.33. The second kappa shape index (κ2) is 18.2. The molecule has 1 aromatic heterocycles. The minimum Gasteiger partial charge on any atom is -0.444 e. The molecule has 228 valence electrons. The molecule has 40 heavy (non-hydrogen) atoms. The molecule has 1 atom stereocenters. The Bertz CT molecular complexity index is 979. The third-order valence-corrected chi connectivity index (χ3v) is 6.63. The van der Waals surface area contributed by atoms with Gasteiger partial charge in [-0.15, -0.1) is 0 Å². The van der Waals surface area contributed by atoms with Gasteiger partial charge in [0.15, 0.2) is 0 Å². The average molecular weight is 598 g/mol. The van der Waals surface area contributed by atoms with E-state index < -0.39 is 5.60 Å². The molecule has 1 saturated heterocycles. The van der Waals surface area contributed by atoms with E-state index in [9.17, 15) is 9.59 Å². The normalized spacial score (nSPS) is 16.1. The number of aryl methyl sites for hydroxylation is 1. The van der Waals surface area contributed by atoms with Crippen molar-refractivity contribution in [2.45, 2.75) is 106 Å². The number of rotatable bonds is 7. The number of hydrazone groups is 1. The minimum atomic E-state index is -0.504. The molecule has 1 aliphatic heterocycles. The second-order valence-electron chi connectivity index (χ2n) is 11.2. The Hall–Kier alpha value is -2.26. The SMILES string of the molecule is C=C/C(=N\N(C)CCCC1CN(C(=O)OC(C)(C)C)C(C)(C)C1)SNC(=O)c1ccc(C)nc1Cl.CC.CCC. The number of nitrogens with one attached hydrogen (secondary N) is 1. The summed E-state index contributed by atoms with van der Waals surface area (Å²) in [7, 11) is 1.89. The Morgan fingerprint density at radius 2 is 1.93 bits per heavy atom. The van der Waals surface area contributed by atoms with Gasteiger partial charge in [-0.1, -0.05) is 52.3 Å². The number of hydrogen-bond donors (Lipinski definition) is 1. The van der Waals surface area contributed by atoms with Gasteiger partial charge in [-0.2, -0.15) is 5.10 Å². The van der Waals surface area contributed by atoms with Crippen LogP contribution in [0.15, 0.2) is 29.9 Å². The Morgan fingerprint density at radius 3 is 2.45 bits per heavy atom. The first-order chi connectivity index (χ1) is 18.6. The number of carbonyl (C=O) groups excluding carboxylic acids is 2. The second-order valence-corrected chi connectivity index (χ2v) is 12.4. The minimum absolute atomic E-state index is 0.164. The smallest absolute Gasteiger partial charge is 0.410 e. The van der Waals surface area contributed by atoms with Gasteiger partial charge >= 0.3 is 6.09 Å². The molecule has 8 nitrogen and oxygen atoms in total. The molecule has 2 heterocycles. The molecule has 1 aromatic rings. The number of aromatic nitrogens is 1. The van der Waals surface area contributed by atoms with Crippen molar-refractivity contribution in [1.29, 1.82) is 0 Å². The van der Waals surface area contributed by atoms with E-state index in [4.69, 9.17) is 16.3 Å². The summed E-state index contributed by atoms with van der Waals surface area (Å²) < 4.78 is 8.32. The van der Waals surface area contributed by atoms with Crippen LogP contribution in [0.3, 0.4) is 0 Å². The number of likely N-dealkylation sites (tertiary alicyclic amines) is 1. The van der Waals surface area contributed by atoms with E-state index >= 15 is 0 Å². The highest BCUT2D eigenvalue weighted by Gasteiger charge is 2.42. The molecule has 2 amide bonds. The lowest BCUT2D eigenvalue weighted by atomic mass is 9.93. The van der Waals surface area contributed by atoms with Crippen molar-refractivity contribution < 1.29 is 14.3 Å². The van der Waals surface area contributed by atoms with Crippen LogP contribution in [-0.4, -0.2) is 63.2 Å². The average Bonchev–Trinajstić information content (AvgIpc) is 3.16. The number of ether oxygens (including phenoxy) is 1. The summed E-state index contributed by atoms with van der Waals surface area (Å²) in [4.78, 5) is 31.0. The number of nitrogens with zero attached hydrogens (tertiary/aromatic N) is 4. The maximum atomic E-state index is 12.6. The zero-order chi connectivity index (χ0) is 31.1. The fourth-order valence-electron chi connectivity index (χ4n) is 4.00. The molecule has 0 aromatic carbocycles. The molecule has 0 spiro atoms. The van der Waals surface area contributed by atoms with Gasteiger partial charge in [0.25, 0.3) is 5.91 Å². The van der Waals surface area contributed by atoms with Crippen molar-refractivity contribution >= 4 is 40.6 Å². The Morgan fingerprint density at radius 1 is 1.32 bits per heavy atom. The highest BCUT2D eigenvalue weighted by Crippen LogP contribution is 2.36. The Labute approximate surface area is 252 Å². The maximum Gasteiger partial charge on any atom is 0.410 e. The van der Waals surface area contributed by atoms with Crippen molar-refractivity contribution in [3.05, 3.63) is 41.2 Å². The molecule has 0 saturated carbocycles. The predicted molar refractivity (Wildman–Crippen MR) is 171 cm³/mol. The number of halogens is 1. The van der Waals surface area contributed by atoms with E-state index in [-0.39, 0.29) is 22.7 Å². The van der Waals surface area contributed by atoms with Gasteiger partial charge in [0.05, 0.1) is 5.56 Å². The number of pyridine rings is 1. The highest BCUT2D eigenvalue weighted by atomic mass is 35.5. The number of carbonyl (C=O) groups is 2. The summed E-state index contributed by atoms with van der Waals surface area (Å²) >= 11 is 7.15. The van der Waals surface area contributed by atoms with E-state index in [1.807, 2.05) is 58.5 Å². The molecular formula is C30H52ClN5O3S. The third kappa shape index (κ3) is 13.9. The monoisotopic (exact) mass is 597 g/mol. The van der Waals surface area contributed by atoms with Crippen molar-refractivity contribution in [1.82, 2.24) is 19.6 Å². The van der Waals surface area contributed by atoms with E-state index in [2.05, 4.69) is 49.1 Å². The Balaban J connectivity index is 0.00000284. The molecule has 1 unspecified atom stereocenters. The van der Waals surface area contributed by atoms with Gasteiger partial charge in [-0.25, -0.2) is 9.78 Å². The number of amides is 2. The molecule has 0 radical (unpaired) electrons. The summed E-state index contributed by atoms with van der Waals surface area (Å²) in [5, 5.41) is 7.09. The third-order valence-electron chi connectivity index (χ3n) is 5.59. The van der Waals surface area contributed by atoms with Gasteiger partial charge in [-0.05, 0) is 84.9 Å². The first kappa shape index (κ1) is 37.7. The Kier molecular flexibility index (Phi) is 17.2. The van der Waals surface area contributed by atoms with Gasteiger partial charge in [0.2, 0.25) is 0 Å². The topological polar surface area (TPSA) is 87.1 Å². The molecular weight excluding hydrogens is 546 g/mol. The first-order valence-electron chi connectivity index (χ1n) is 14.2. The molecule has 0 bridgehead atoms.